The summed E-state index contributed by atoms with van der Waals surface area (Å²) in [5.74, 6) is 0. The Labute approximate surface area is 152 Å². The van der Waals surface area contributed by atoms with Crippen molar-refractivity contribution in [2.45, 2.75) is 9.79 Å². The molecule has 8 heteroatoms. The van der Waals surface area contributed by atoms with E-state index in [9.17, 15) is 16.8 Å². The summed E-state index contributed by atoms with van der Waals surface area (Å²) in [6.07, 6.45) is 0. The molecule has 0 bridgehead atoms. The molecule has 26 heavy (non-hydrogen) atoms. The highest BCUT2D eigenvalue weighted by molar-refractivity contribution is 7.93. The lowest BCUT2D eigenvalue weighted by Gasteiger charge is -2.24. The topological polar surface area (TPSA) is 97.5 Å². The Morgan fingerprint density at radius 3 is 1.54 bits per heavy atom. The fraction of sp³-hybridized carbons (Fsp3) is 0. The highest BCUT2D eigenvalue weighted by Gasteiger charge is 2.27. The van der Waals surface area contributed by atoms with Gasteiger partial charge in [0.1, 0.15) is 0 Å². The number of rotatable bonds is 5. The van der Waals surface area contributed by atoms with Crippen LogP contribution in [-0.2, 0) is 20.0 Å². The maximum atomic E-state index is 13.3. The summed E-state index contributed by atoms with van der Waals surface area (Å²) in [4.78, 5) is -0.434. The Kier molecular flexibility index (Phi) is 4.82. The van der Waals surface area contributed by atoms with Crippen LogP contribution in [0.25, 0.3) is 0 Å². The van der Waals surface area contributed by atoms with Crippen LogP contribution < -0.4 is 9.44 Å². The van der Waals surface area contributed by atoms with Crippen molar-refractivity contribution in [1.29, 1.82) is 0 Å². The molecule has 0 fully saturated rings. The van der Waals surface area contributed by atoms with Gasteiger partial charge in [-0.05, 0) is 42.5 Å². The van der Waals surface area contributed by atoms with Gasteiger partial charge in [0.25, 0.3) is 10.0 Å². The number of primary sulfonamides is 1. The van der Waals surface area contributed by atoms with Crippen molar-refractivity contribution < 1.29 is 16.8 Å². The normalized spacial score (nSPS) is 11.9. The number of nitrogens with zero attached hydrogens (tertiary/aromatic N) is 1. The molecule has 0 aliphatic rings. The molecule has 0 saturated carbocycles. The molecule has 0 unspecified atom stereocenters. The van der Waals surface area contributed by atoms with Crippen molar-refractivity contribution in [2.75, 3.05) is 4.31 Å². The quantitative estimate of drug-likeness (QED) is 0.727. The van der Waals surface area contributed by atoms with E-state index in [1.54, 1.807) is 60.7 Å². The maximum Gasteiger partial charge on any atom is 0.268 e. The Morgan fingerprint density at radius 1 is 0.615 bits per heavy atom. The fourth-order valence-corrected chi connectivity index (χ4v) is 4.64. The average Bonchev–Trinajstić information content (AvgIpc) is 2.63. The van der Waals surface area contributed by atoms with Crippen LogP contribution >= 0.6 is 0 Å². The third-order valence-corrected chi connectivity index (χ3v) is 6.32. The Hall–Kier alpha value is -2.68. The first kappa shape index (κ1) is 18.1. The monoisotopic (exact) mass is 388 g/mol. The van der Waals surface area contributed by atoms with E-state index in [1.165, 1.54) is 18.2 Å². The number of hydrogen-bond donors (Lipinski definition) is 1. The number of nitrogens with two attached hydrogens (primary N) is 1. The molecule has 3 rings (SSSR count). The third-order valence-electron chi connectivity index (χ3n) is 3.65. The first-order valence-electron chi connectivity index (χ1n) is 7.58. The zero-order chi connectivity index (χ0) is 18.8. The summed E-state index contributed by atoms with van der Waals surface area (Å²) in [7, 11) is -8.10. The largest absolute Gasteiger partial charge is 0.268 e. The van der Waals surface area contributed by atoms with Gasteiger partial charge >= 0.3 is 0 Å². The first-order valence-corrected chi connectivity index (χ1v) is 10.6. The molecule has 0 aliphatic carbocycles. The second-order valence-corrected chi connectivity index (χ2v) is 8.81. The van der Waals surface area contributed by atoms with E-state index in [0.29, 0.717) is 11.4 Å². The minimum absolute atomic E-state index is 0.170. The summed E-state index contributed by atoms with van der Waals surface area (Å²) < 4.78 is 50.9. The number of para-hydroxylation sites is 2. The molecule has 134 valence electrons. The second-order valence-electron chi connectivity index (χ2n) is 5.46. The van der Waals surface area contributed by atoms with E-state index in [0.717, 1.165) is 10.4 Å². The van der Waals surface area contributed by atoms with Crippen molar-refractivity contribution in [3.8, 4) is 0 Å². The molecule has 0 saturated heterocycles. The van der Waals surface area contributed by atoms with E-state index in [-0.39, 0.29) is 9.79 Å². The van der Waals surface area contributed by atoms with E-state index >= 15 is 0 Å². The van der Waals surface area contributed by atoms with Crippen LogP contribution in [-0.4, -0.2) is 16.8 Å². The molecule has 0 aliphatic heterocycles. The number of hydrogen-bond acceptors (Lipinski definition) is 4. The SMILES string of the molecule is NS(=O)(=O)c1cccc(S(=O)(=O)N(c2ccccc2)c2ccccc2)c1. The van der Waals surface area contributed by atoms with Crippen molar-refractivity contribution in [2.24, 2.45) is 5.14 Å². The molecule has 2 N–H and O–H groups in total. The zero-order valence-electron chi connectivity index (χ0n) is 13.6. The van der Waals surface area contributed by atoms with Gasteiger partial charge in [-0.3, -0.25) is 0 Å². The van der Waals surface area contributed by atoms with Crippen LogP contribution in [0.2, 0.25) is 0 Å². The lowest BCUT2D eigenvalue weighted by atomic mass is 10.3. The predicted molar refractivity (Wildman–Crippen MR) is 100 cm³/mol. The minimum Gasteiger partial charge on any atom is -0.235 e. The van der Waals surface area contributed by atoms with Gasteiger partial charge in [-0.2, -0.15) is 0 Å². The predicted octanol–water partition coefficient (Wildman–Crippen LogP) is 2.86. The highest BCUT2D eigenvalue weighted by atomic mass is 32.2. The fourth-order valence-electron chi connectivity index (χ4n) is 2.47. The van der Waals surface area contributed by atoms with Crippen molar-refractivity contribution in [3.63, 3.8) is 0 Å². The van der Waals surface area contributed by atoms with Gasteiger partial charge in [-0.15, -0.1) is 0 Å². The Bertz CT molecular complexity index is 1070. The lowest BCUT2D eigenvalue weighted by Crippen LogP contribution is -2.26. The van der Waals surface area contributed by atoms with Gasteiger partial charge in [0, 0.05) is 0 Å². The van der Waals surface area contributed by atoms with Gasteiger partial charge in [-0.25, -0.2) is 26.3 Å². The highest BCUT2D eigenvalue weighted by Crippen LogP contribution is 2.32. The molecule has 0 amide bonds. The Balaban J connectivity index is 2.21. The first-order chi connectivity index (χ1) is 12.3. The van der Waals surface area contributed by atoms with Gasteiger partial charge in [0.2, 0.25) is 10.0 Å². The van der Waals surface area contributed by atoms with Crippen LogP contribution in [0.1, 0.15) is 0 Å². The molecule has 0 aromatic heterocycles. The molecule has 3 aromatic rings. The van der Waals surface area contributed by atoms with Gasteiger partial charge in [0.05, 0.1) is 21.2 Å². The van der Waals surface area contributed by atoms with Crippen molar-refractivity contribution in [3.05, 3.63) is 84.9 Å². The summed E-state index contributed by atoms with van der Waals surface area (Å²) in [5, 5.41) is 5.13. The van der Waals surface area contributed by atoms with Gasteiger partial charge in [0.15, 0.2) is 0 Å². The average molecular weight is 388 g/mol. The van der Waals surface area contributed by atoms with Gasteiger partial charge in [-0.1, -0.05) is 42.5 Å². The number of anilines is 2. The van der Waals surface area contributed by atoms with Crippen molar-refractivity contribution in [1.82, 2.24) is 0 Å². The Morgan fingerprint density at radius 2 is 1.08 bits per heavy atom. The smallest absolute Gasteiger partial charge is 0.235 e. The number of sulfonamides is 2. The summed E-state index contributed by atoms with van der Waals surface area (Å²) in [5.41, 5.74) is 0.861. The molecular formula is C18H16N2O4S2. The summed E-state index contributed by atoms with van der Waals surface area (Å²) >= 11 is 0. The van der Waals surface area contributed by atoms with Crippen LogP contribution in [0, 0.1) is 0 Å². The van der Waals surface area contributed by atoms with E-state index in [2.05, 4.69) is 0 Å². The lowest BCUT2D eigenvalue weighted by molar-refractivity contribution is 0.595. The zero-order valence-corrected chi connectivity index (χ0v) is 15.2. The van der Waals surface area contributed by atoms with Crippen LogP contribution in [0.3, 0.4) is 0 Å². The standard InChI is InChI=1S/C18H16N2O4S2/c19-25(21,22)17-12-7-13-18(14-17)26(23,24)20(15-8-3-1-4-9-15)16-10-5-2-6-11-16/h1-14H,(H2,19,21,22). The molecular weight excluding hydrogens is 372 g/mol. The maximum absolute atomic E-state index is 13.3. The summed E-state index contributed by atoms with van der Waals surface area (Å²) in [6.45, 7) is 0. The number of benzene rings is 3. The molecule has 0 radical (unpaired) electrons. The van der Waals surface area contributed by atoms with E-state index < -0.39 is 20.0 Å². The molecule has 3 aromatic carbocycles. The summed E-state index contributed by atoms with van der Waals surface area (Å²) in [6, 6.07) is 22.1. The van der Waals surface area contributed by atoms with Crippen LogP contribution in [0.5, 0.6) is 0 Å². The second kappa shape index (κ2) is 6.91. The molecule has 0 heterocycles. The molecule has 0 spiro atoms. The van der Waals surface area contributed by atoms with Crippen LogP contribution in [0.15, 0.2) is 94.7 Å². The van der Waals surface area contributed by atoms with Crippen molar-refractivity contribution >= 4 is 31.4 Å². The van der Waals surface area contributed by atoms with E-state index in [1.807, 2.05) is 0 Å². The molecule has 6 nitrogen and oxygen atoms in total. The van der Waals surface area contributed by atoms with Crippen LogP contribution in [0.4, 0.5) is 11.4 Å². The molecule has 0 atom stereocenters. The van der Waals surface area contributed by atoms with E-state index in [4.69, 9.17) is 5.14 Å². The van der Waals surface area contributed by atoms with Gasteiger partial charge < -0.3 is 0 Å². The third kappa shape index (κ3) is 3.62. The minimum atomic E-state index is -4.08.